The van der Waals surface area contributed by atoms with Crippen molar-refractivity contribution in [3.05, 3.63) is 77.9 Å². The Kier molecular flexibility index (Phi) is 6.41. The number of aryl methyl sites for hydroxylation is 1. The lowest BCUT2D eigenvalue weighted by molar-refractivity contribution is -0.140. The Morgan fingerprint density at radius 2 is 1.89 bits per heavy atom. The number of halogens is 2. The molecule has 0 aliphatic heterocycles. The number of carboxylic acids is 1. The van der Waals surface area contributed by atoms with Gasteiger partial charge in [0.25, 0.3) is 0 Å². The third-order valence-corrected chi connectivity index (χ3v) is 6.91. The molecule has 3 aromatic heterocycles. The molecule has 10 heteroatoms. The molecule has 8 nitrogen and oxygen atoms in total. The van der Waals surface area contributed by atoms with Crippen LogP contribution in [-0.2, 0) is 23.7 Å². The molecule has 2 fully saturated rings. The van der Waals surface area contributed by atoms with Gasteiger partial charge in [-0.05, 0) is 42.9 Å². The Labute approximate surface area is 219 Å². The zero-order valence-electron chi connectivity index (χ0n) is 20.1. The Hall–Kier alpha value is -3.85. The van der Waals surface area contributed by atoms with Gasteiger partial charge in [0.15, 0.2) is 0 Å². The van der Waals surface area contributed by atoms with Gasteiger partial charge in [0.1, 0.15) is 17.6 Å². The monoisotopic (exact) mass is 521 g/mol. The summed E-state index contributed by atoms with van der Waals surface area (Å²) in [5, 5.41) is 13.8. The van der Waals surface area contributed by atoms with E-state index in [0.717, 1.165) is 29.7 Å². The topological polar surface area (TPSA) is 103 Å². The van der Waals surface area contributed by atoms with Gasteiger partial charge < -0.3 is 9.84 Å². The molecule has 0 atom stereocenters. The number of carbonyl (C=O) groups is 1. The first-order valence-corrected chi connectivity index (χ1v) is 11.9. The van der Waals surface area contributed by atoms with Crippen molar-refractivity contribution in [1.82, 2.24) is 24.7 Å². The van der Waals surface area contributed by atoms with Gasteiger partial charge in [-0.3, -0.25) is 19.4 Å². The molecule has 2 saturated carbocycles. The summed E-state index contributed by atoms with van der Waals surface area (Å²) in [7, 11) is 1.80. The number of hydrogen-bond acceptors (Lipinski definition) is 6. The third kappa shape index (κ3) is 4.79. The minimum absolute atomic E-state index is 0. The lowest BCUT2D eigenvalue weighted by Crippen LogP contribution is -2.19. The number of aromatic nitrogens is 5. The molecule has 37 heavy (non-hydrogen) atoms. The summed E-state index contributed by atoms with van der Waals surface area (Å²) < 4.78 is 22.8. The van der Waals surface area contributed by atoms with E-state index < -0.39 is 17.2 Å². The van der Waals surface area contributed by atoms with E-state index in [1.807, 2.05) is 24.3 Å². The summed E-state index contributed by atoms with van der Waals surface area (Å²) in [6.45, 7) is 0. The molecule has 3 heterocycles. The molecule has 0 bridgehead atoms. The molecule has 0 radical (unpaired) electrons. The van der Waals surface area contributed by atoms with Crippen LogP contribution >= 0.6 is 12.4 Å². The Morgan fingerprint density at radius 1 is 1.14 bits per heavy atom. The average molecular weight is 522 g/mol. The van der Waals surface area contributed by atoms with Crippen LogP contribution in [0, 0.1) is 5.82 Å². The number of hydrogen-bond donors (Lipinski definition) is 1. The van der Waals surface area contributed by atoms with Crippen molar-refractivity contribution in [3.63, 3.8) is 0 Å². The molecule has 0 saturated heterocycles. The normalized spacial score (nSPS) is 15.6. The maximum atomic E-state index is 15.3. The minimum atomic E-state index is -0.798. The molecule has 0 amide bonds. The highest BCUT2D eigenvalue weighted by molar-refractivity contribution is 5.85. The fraction of sp³-hybridized carbons (Fsp3) is 0.296. The van der Waals surface area contributed by atoms with Crippen molar-refractivity contribution in [2.75, 3.05) is 0 Å². The smallest absolute Gasteiger partial charge is 0.314 e. The van der Waals surface area contributed by atoms with Gasteiger partial charge in [-0.25, -0.2) is 9.37 Å². The van der Waals surface area contributed by atoms with Crippen LogP contribution < -0.4 is 4.74 Å². The van der Waals surface area contributed by atoms with Crippen LogP contribution in [0.2, 0.25) is 0 Å². The van der Waals surface area contributed by atoms with Crippen molar-refractivity contribution in [3.8, 4) is 28.3 Å². The molecule has 2 aliphatic carbocycles. The lowest BCUT2D eigenvalue weighted by atomic mass is 9.94. The molecular formula is C27H25ClFN5O3. The van der Waals surface area contributed by atoms with E-state index in [4.69, 9.17) is 4.74 Å². The van der Waals surface area contributed by atoms with Gasteiger partial charge in [-0.1, -0.05) is 24.3 Å². The molecule has 2 aliphatic rings. The summed E-state index contributed by atoms with van der Waals surface area (Å²) in [6, 6.07) is 8.70. The van der Waals surface area contributed by atoms with Gasteiger partial charge in [0.05, 0.1) is 29.2 Å². The Morgan fingerprint density at radius 3 is 2.54 bits per heavy atom. The van der Waals surface area contributed by atoms with E-state index in [2.05, 4.69) is 20.1 Å². The standard InChI is InChI=1S/C27H24FN5O3.ClH/c1-33-23(11-19-13-29-15-24(32-19)36-20-6-7-20)21(14-31-33)25-22(28)10-17(12-30-25)16-2-4-18(5-3-16)27(8-9-27)26(34)35;/h2-5,10,12-15,20H,6-9,11H2,1H3,(H,34,35);1H. The van der Waals surface area contributed by atoms with Crippen molar-refractivity contribution in [1.29, 1.82) is 0 Å². The van der Waals surface area contributed by atoms with E-state index in [0.29, 0.717) is 42.0 Å². The minimum Gasteiger partial charge on any atom is -0.481 e. The maximum Gasteiger partial charge on any atom is 0.314 e. The quantitative estimate of drug-likeness (QED) is 0.357. The predicted molar refractivity (Wildman–Crippen MR) is 136 cm³/mol. The number of benzene rings is 1. The summed E-state index contributed by atoms with van der Waals surface area (Å²) in [5.74, 6) is -0.769. The Balaban J connectivity index is 0.00000280. The zero-order valence-corrected chi connectivity index (χ0v) is 20.9. The second-order valence-corrected chi connectivity index (χ2v) is 9.49. The van der Waals surface area contributed by atoms with Crippen molar-refractivity contribution < 1.29 is 19.0 Å². The summed E-state index contributed by atoms with van der Waals surface area (Å²) in [5.41, 5.74) is 3.65. The van der Waals surface area contributed by atoms with Crippen LogP contribution in [0.3, 0.4) is 0 Å². The highest BCUT2D eigenvalue weighted by Gasteiger charge is 2.51. The van der Waals surface area contributed by atoms with Crippen LogP contribution in [0.5, 0.6) is 5.88 Å². The molecule has 1 N–H and O–H groups in total. The van der Waals surface area contributed by atoms with Crippen LogP contribution in [0.1, 0.15) is 42.6 Å². The first-order chi connectivity index (χ1) is 17.4. The molecule has 6 rings (SSSR count). The zero-order chi connectivity index (χ0) is 24.9. The summed E-state index contributed by atoms with van der Waals surface area (Å²) in [6.07, 6.45) is 10.5. The number of nitrogens with zero attached hydrogens (tertiary/aromatic N) is 5. The fourth-order valence-corrected chi connectivity index (χ4v) is 4.45. The van der Waals surface area contributed by atoms with Crippen LogP contribution in [-0.4, -0.2) is 41.9 Å². The second kappa shape index (κ2) is 9.55. The highest BCUT2D eigenvalue weighted by Crippen LogP contribution is 2.48. The molecule has 0 unspecified atom stereocenters. The summed E-state index contributed by atoms with van der Waals surface area (Å²) in [4.78, 5) is 24.8. The van der Waals surface area contributed by atoms with E-state index in [1.54, 1.807) is 36.5 Å². The first-order valence-electron chi connectivity index (χ1n) is 11.9. The van der Waals surface area contributed by atoms with Gasteiger partial charge in [-0.2, -0.15) is 5.10 Å². The number of carboxylic acid groups (broad SMARTS) is 1. The number of pyridine rings is 1. The maximum absolute atomic E-state index is 15.3. The largest absolute Gasteiger partial charge is 0.481 e. The van der Waals surface area contributed by atoms with Crippen molar-refractivity contribution in [2.45, 2.75) is 43.6 Å². The van der Waals surface area contributed by atoms with E-state index in [-0.39, 0.29) is 24.2 Å². The van der Waals surface area contributed by atoms with E-state index >= 15 is 4.39 Å². The van der Waals surface area contributed by atoms with Gasteiger partial charge in [0, 0.05) is 37.0 Å². The molecule has 4 aromatic rings. The highest BCUT2D eigenvalue weighted by atomic mass is 35.5. The molecular weight excluding hydrogens is 497 g/mol. The summed E-state index contributed by atoms with van der Waals surface area (Å²) >= 11 is 0. The molecule has 0 spiro atoms. The second-order valence-electron chi connectivity index (χ2n) is 9.49. The number of aliphatic carboxylic acids is 1. The van der Waals surface area contributed by atoms with E-state index in [1.165, 1.54) is 6.07 Å². The average Bonchev–Trinajstić information content (AvgIpc) is 3.80. The first kappa shape index (κ1) is 24.8. The lowest BCUT2D eigenvalue weighted by Gasteiger charge is -2.12. The van der Waals surface area contributed by atoms with Gasteiger partial charge in [-0.15, -0.1) is 12.4 Å². The number of rotatable bonds is 8. The van der Waals surface area contributed by atoms with E-state index in [9.17, 15) is 9.90 Å². The van der Waals surface area contributed by atoms with Crippen LogP contribution in [0.4, 0.5) is 4.39 Å². The van der Waals surface area contributed by atoms with Crippen LogP contribution in [0.25, 0.3) is 22.4 Å². The Bertz CT molecular complexity index is 1470. The molecule has 190 valence electrons. The SMILES string of the molecule is Cl.Cn1ncc(-c2ncc(-c3ccc(C4(C(=O)O)CC4)cc3)cc2F)c1Cc1cncc(OC2CC2)n1. The van der Waals surface area contributed by atoms with Gasteiger partial charge in [0.2, 0.25) is 5.88 Å². The fourth-order valence-electron chi connectivity index (χ4n) is 4.45. The van der Waals surface area contributed by atoms with Gasteiger partial charge >= 0.3 is 5.97 Å². The van der Waals surface area contributed by atoms with Crippen molar-refractivity contribution >= 4 is 18.4 Å². The van der Waals surface area contributed by atoms with Crippen molar-refractivity contribution in [2.24, 2.45) is 7.05 Å². The predicted octanol–water partition coefficient (Wildman–Crippen LogP) is 4.75. The third-order valence-electron chi connectivity index (χ3n) is 6.91. The molecule has 1 aromatic carbocycles. The van der Waals surface area contributed by atoms with Crippen LogP contribution in [0.15, 0.2) is 55.1 Å². The number of ether oxygens (including phenoxy) is 1.